The van der Waals surface area contributed by atoms with Crippen molar-refractivity contribution in [3.05, 3.63) is 51.6 Å². The van der Waals surface area contributed by atoms with Crippen LogP contribution in [-0.4, -0.2) is 31.3 Å². The number of nitrogens with one attached hydrogen (secondary N) is 2. The standard InChI is InChI=1S/C18H20N4O4S2/c1-10(2)9-19-22-12-7-8-27-16(12)15(23)14(18(22)24)17-20-11-5-3-4-6-13(11)28(25,26)21-17/h3-8,10,19,23,25-26H,9H2,1-2H3,(H,20,21). The SMILES string of the molecule is CC(C)CNn1c(=O)c(C2=NS(O)(O)c3ccccc3N2)c(O)c2sccc21. The highest BCUT2D eigenvalue weighted by atomic mass is 32.3. The number of pyridine rings is 1. The maximum atomic E-state index is 13.2. The summed E-state index contributed by atoms with van der Waals surface area (Å²) in [5, 5.41) is 15.5. The van der Waals surface area contributed by atoms with E-state index < -0.39 is 16.3 Å². The summed E-state index contributed by atoms with van der Waals surface area (Å²) < 4.78 is 26.8. The molecular weight excluding hydrogens is 400 g/mol. The van der Waals surface area contributed by atoms with Crippen molar-refractivity contribution in [3.8, 4) is 5.75 Å². The smallest absolute Gasteiger partial charge is 0.284 e. The van der Waals surface area contributed by atoms with Gasteiger partial charge in [-0.3, -0.25) is 13.9 Å². The van der Waals surface area contributed by atoms with Crippen LogP contribution in [0.5, 0.6) is 5.75 Å². The Morgan fingerprint density at radius 2 is 2.04 bits per heavy atom. The number of thiophene rings is 1. The average molecular weight is 421 g/mol. The average Bonchev–Trinajstić information content (AvgIpc) is 3.11. The topological polar surface area (TPSA) is 119 Å². The molecule has 8 nitrogen and oxygen atoms in total. The van der Waals surface area contributed by atoms with Crippen molar-refractivity contribution in [2.45, 2.75) is 18.7 Å². The van der Waals surface area contributed by atoms with Crippen molar-refractivity contribution in [1.29, 1.82) is 0 Å². The van der Waals surface area contributed by atoms with Gasteiger partial charge in [0, 0.05) is 6.54 Å². The van der Waals surface area contributed by atoms with Gasteiger partial charge in [0.1, 0.15) is 10.5 Å². The molecule has 0 radical (unpaired) electrons. The van der Waals surface area contributed by atoms with E-state index in [9.17, 15) is 19.0 Å². The third-order valence-electron chi connectivity index (χ3n) is 4.30. The predicted octanol–water partition coefficient (Wildman–Crippen LogP) is 3.86. The van der Waals surface area contributed by atoms with Gasteiger partial charge in [-0.05, 0) is 29.5 Å². The van der Waals surface area contributed by atoms with Gasteiger partial charge in [0.05, 0.1) is 15.9 Å². The number of aromatic hydroxyl groups is 1. The van der Waals surface area contributed by atoms with Gasteiger partial charge in [-0.1, -0.05) is 36.8 Å². The van der Waals surface area contributed by atoms with Gasteiger partial charge in [-0.25, -0.2) is 4.68 Å². The Morgan fingerprint density at radius 1 is 1.29 bits per heavy atom. The quantitative estimate of drug-likeness (QED) is 0.437. The first kappa shape index (κ1) is 18.8. The van der Waals surface area contributed by atoms with Gasteiger partial charge in [0.15, 0.2) is 11.6 Å². The molecule has 5 N–H and O–H groups in total. The van der Waals surface area contributed by atoms with Crippen molar-refractivity contribution in [3.63, 3.8) is 0 Å². The van der Waals surface area contributed by atoms with Crippen LogP contribution in [0.25, 0.3) is 10.2 Å². The second-order valence-electron chi connectivity index (χ2n) is 6.84. The second-order valence-corrected chi connectivity index (χ2v) is 9.41. The lowest BCUT2D eigenvalue weighted by Crippen LogP contribution is -2.36. The number of hydrogen-bond acceptors (Lipinski definition) is 8. The molecule has 0 unspecified atom stereocenters. The number of para-hydroxylation sites is 1. The van der Waals surface area contributed by atoms with E-state index in [2.05, 4.69) is 15.1 Å². The Bertz CT molecular complexity index is 1150. The number of anilines is 1. The minimum Gasteiger partial charge on any atom is -0.505 e. The maximum Gasteiger partial charge on any atom is 0.284 e. The highest BCUT2D eigenvalue weighted by molar-refractivity contribution is 8.23. The van der Waals surface area contributed by atoms with Crippen LogP contribution in [0.2, 0.25) is 0 Å². The van der Waals surface area contributed by atoms with E-state index in [0.717, 1.165) is 0 Å². The fraction of sp³-hybridized carbons (Fsp3) is 0.222. The Morgan fingerprint density at radius 3 is 2.79 bits per heavy atom. The van der Waals surface area contributed by atoms with Crippen LogP contribution in [-0.2, 0) is 0 Å². The molecule has 0 atom stereocenters. The van der Waals surface area contributed by atoms with Crippen LogP contribution in [0.4, 0.5) is 5.69 Å². The summed E-state index contributed by atoms with van der Waals surface area (Å²) in [6.45, 7) is 4.58. The lowest BCUT2D eigenvalue weighted by atomic mass is 10.2. The number of rotatable bonds is 4. The third-order valence-corrected chi connectivity index (χ3v) is 6.60. The zero-order valence-corrected chi connectivity index (χ0v) is 16.8. The van der Waals surface area contributed by atoms with Crippen LogP contribution < -0.4 is 16.3 Å². The van der Waals surface area contributed by atoms with E-state index in [1.807, 2.05) is 13.8 Å². The van der Waals surface area contributed by atoms with Crippen LogP contribution in [0.1, 0.15) is 19.4 Å². The molecule has 0 spiro atoms. The van der Waals surface area contributed by atoms with Crippen molar-refractivity contribution in [2.24, 2.45) is 10.3 Å². The minimum absolute atomic E-state index is 0.0726. The number of hydrogen-bond donors (Lipinski definition) is 5. The zero-order chi connectivity index (χ0) is 20.1. The van der Waals surface area contributed by atoms with Crippen LogP contribution in [0.15, 0.2) is 49.8 Å². The van der Waals surface area contributed by atoms with Gasteiger partial charge in [-0.15, -0.1) is 15.7 Å². The predicted molar refractivity (Wildman–Crippen MR) is 115 cm³/mol. The van der Waals surface area contributed by atoms with Crippen molar-refractivity contribution >= 4 is 43.9 Å². The lowest BCUT2D eigenvalue weighted by molar-refractivity contribution is 0.478. The highest BCUT2D eigenvalue weighted by Gasteiger charge is 2.30. The van der Waals surface area contributed by atoms with Crippen molar-refractivity contribution < 1.29 is 14.2 Å². The van der Waals surface area contributed by atoms with E-state index in [1.165, 1.54) is 16.0 Å². The molecule has 0 bridgehead atoms. The molecule has 148 valence electrons. The minimum atomic E-state index is -3.50. The molecular formula is C18H20N4O4S2. The monoisotopic (exact) mass is 420 g/mol. The van der Waals surface area contributed by atoms with E-state index in [-0.39, 0.29) is 22.0 Å². The molecule has 0 fully saturated rings. The fourth-order valence-electron chi connectivity index (χ4n) is 2.98. The number of fused-ring (bicyclic) bond motifs is 2. The summed E-state index contributed by atoms with van der Waals surface area (Å²) in [6, 6.07) is 8.37. The van der Waals surface area contributed by atoms with E-state index in [1.54, 1.807) is 35.7 Å². The van der Waals surface area contributed by atoms with Gasteiger partial charge < -0.3 is 15.8 Å². The molecule has 28 heavy (non-hydrogen) atoms. The first-order valence-electron chi connectivity index (χ1n) is 8.63. The summed E-state index contributed by atoms with van der Waals surface area (Å²) in [4.78, 5) is 13.5. The molecule has 0 saturated carbocycles. The Kier molecular flexibility index (Phi) is 4.58. The highest BCUT2D eigenvalue weighted by Crippen LogP contribution is 2.55. The van der Waals surface area contributed by atoms with E-state index in [0.29, 0.717) is 28.4 Å². The first-order chi connectivity index (χ1) is 13.3. The molecule has 3 heterocycles. The molecule has 10 heteroatoms. The van der Waals surface area contributed by atoms with Gasteiger partial charge in [0.25, 0.3) is 5.56 Å². The maximum absolute atomic E-state index is 13.2. The Labute approximate surface area is 166 Å². The molecule has 1 aliphatic rings. The molecule has 4 rings (SSSR count). The molecule has 3 aromatic rings. The molecule has 1 aromatic carbocycles. The molecule has 0 amide bonds. The zero-order valence-electron chi connectivity index (χ0n) is 15.2. The Hall–Kier alpha value is -2.53. The molecule has 2 aromatic heterocycles. The van der Waals surface area contributed by atoms with Crippen molar-refractivity contribution in [1.82, 2.24) is 4.68 Å². The third kappa shape index (κ3) is 3.04. The number of benzene rings is 1. The normalized spacial score (nSPS) is 16.4. The van der Waals surface area contributed by atoms with Gasteiger partial charge in [0.2, 0.25) is 0 Å². The lowest BCUT2D eigenvalue weighted by Gasteiger charge is -2.34. The summed E-state index contributed by atoms with van der Waals surface area (Å²) in [5.41, 5.74) is 3.44. The summed E-state index contributed by atoms with van der Waals surface area (Å²) in [6.07, 6.45) is 0. The molecule has 0 aliphatic carbocycles. The van der Waals surface area contributed by atoms with Crippen LogP contribution in [0, 0.1) is 5.92 Å². The summed E-state index contributed by atoms with van der Waals surface area (Å²) in [5.74, 6) is -0.0168. The molecule has 1 aliphatic heterocycles. The molecule has 0 saturated heterocycles. The largest absolute Gasteiger partial charge is 0.505 e. The first-order valence-corrected chi connectivity index (χ1v) is 11.0. The number of nitrogens with zero attached hydrogens (tertiary/aromatic N) is 2. The van der Waals surface area contributed by atoms with Crippen molar-refractivity contribution in [2.75, 3.05) is 17.3 Å². The van der Waals surface area contributed by atoms with E-state index >= 15 is 0 Å². The van der Waals surface area contributed by atoms with Crippen LogP contribution in [0.3, 0.4) is 0 Å². The fourth-order valence-corrected chi connectivity index (χ4v) is 4.97. The van der Waals surface area contributed by atoms with Gasteiger partial charge in [-0.2, -0.15) is 0 Å². The number of aromatic nitrogens is 1. The summed E-state index contributed by atoms with van der Waals surface area (Å²) in [7, 11) is -3.50. The van der Waals surface area contributed by atoms with Gasteiger partial charge >= 0.3 is 0 Å². The Balaban J connectivity index is 1.92. The second kappa shape index (κ2) is 6.82. The number of amidine groups is 1. The van der Waals surface area contributed by atoms with E-state index in [4.69, 9.17) is 0 Å². The summed E-state index contributed by atoms with van der Waals surface area (Å²) >= 11 is 1.28. The van der Waals surface area contributed by atoms with Crippen LogP contribution >= 0.6 is 22.1 Å².